The van der Waals surface area contributed by atoms with Gasteiger partial charge in [-0.2, -0.15) is 0 Å². The van der Waals surface area contributed by atoms with E-state index in [1.54, 1.807) is 36.5 Å². The second-order valence-corrected chi connectivity index (χ2v) is 4.15. The minimum Gasteiger partial charge on any atom is -0.382 e. The molecule has 0 saturated heterocycles. The van der Waals surface area contributed by atoms with Crippen LogP contribution >= 0.6 is 23.2 Å². The number of aromatic nitrogens is 1. The Balaban J connectivity index is 2.34. The monoisotopic (exact) mass is 253 g/mol. The number of nitrogens with zero attached hydrogens (tertiary/aromatic N) is 1. The van der Waals surface area contributed by atoms with Crippen molar-refractivity contribution >= 4 is 23.2 Å². The summed E-state index contributed by atoms with van der Waals surface area (Å²) < 4.78 is 0. The van der Waals surface area contributed by atoms with Gasteiger partial charge in [-0.3, -0.25) is 4.98 Å². The average Bonchev–Trinajstić information content (AvgIpc) is 2.33. The van der Waals surface area contributed by atoms with Gasteiger partial charge in [-0.15, -0.1) is 0 Å². The number of hydrogen-bond donors (Lipinski definition) is 1. The van der Waals surface area contributed by atoms with E-state index >= 15 is 0 Å². The van der Waals surface area contributed by atoms with Gasteiger partial charge < -0.3 is 5.11 Å². The van der Waals surface area contributed by atoms with E-state index in [1.165, 1.54) is 0 Å². The summed E-state index contributed by atoms with van der Waals surface area (Å²) in [5.41, 5.74) is 1.26. The molecule has 1 atom stereocenters. The van der Waals surface area contributed by atoms with Gasteiger partial charge in [0.15, 0.2) is 0 Å². The van der Waals surface area contributed by atoms with E-state index in [1.807, 2.05) is 6.07 Å². The Morgan fingerprint density at radius 3 is 2.50 bits per heavy atom. The van der Waals surface area contributed by atoms with E-state index < -0.39 is 6.10 Å². The normalized spacial score (nSPS) is 12.4. The Morgan fingerprint density at radius 2 is 1.88 bits per heavy atom. The third-order valence-corrected chi connectivity index (χ3v) is 2.97. The molecule has 2 nitrogen and oxygen atoms in total. The molecule has 0 radical (unpaired) electrons. The van der Waals surface area contributed by atoms with E-state index in [-0.39, 0.29) is 0 Å². The first-order chi connectivity index (χ1) is 7.68. The van der Waals surface area contributed by atoms with E-state index in [9.17, 15) is 5.11 Å². The topological polar surface area (TPSA) is 33.1 Å². The van der Waals surface area contributed by atoms with Crippen molar-refractivity contribution in [1.29, 1.82) is 0 Å². The minimum atomic E-state index is -0.782. The fourth-order valence-electron chi connectivity index (χ4n) is 1.39. The number of pyridine rings is 1. The van der Waals surface area contributed by atoms with Gasteiger partial charge >= 0.3 is 0 Å². The van der Waals surface area contributed by atoms with Gasteiger partial charge in [0.25, 0.3) is 0 Å². The number of benzene rings is 1. The van der Waals surface area contributed by atoms with Gasteiger partial charge in [0.05, 0.1) is 15.7 Å². The summed E-state index contributed by atoms with van der Waals surface area (Å²) in [7, 11) is 0. The highest BCUT2D eigenvalue weighted by molar-refractivity contribution is 6.42. The molecule has 0 unspecified atom stereocenters. The van der Waals surface area contributed by atoms with Crippen molar-refractivity contribution in [2.45, 2.75) is 6.10 Å². The maximum atomic E-state index is 10.0. The van der Waals surface area contributed by atoms with Crippen molar-refractivity contribution in [1.82, 2.24) is 4.98 Å². The van der Waals surface area contributed by atoms with Crippen LogP contribution in [0.25, 0.3) is 0 Å². The van der Waals surface area contributed by atoms with Crippen LogP contribution in [-0.4, -0.2) is 10.1 Å². The molecule has 1 N–H and O–H groups in total. The van der Waals surface area contributed by atoms with E-state index in [4.69, 9.17) is 23.2 Å². The number of halogens is 2. The summed E-state index contributed by atoms with van der Waals surface area (Å²) in [6.07, 6.45) is 0.853. The van der Waals surface area contributed by atoms with Crippen molar-refractivity contribution in [3.8, 4) is 0 Å². The fraction of sp³-hybridized carbons (Fsp3) is 0.0833. The van der Waals surface area contributed by atoms with Gasteiger partial charge in [-0.1, -0.05) is 35.3 Å². The molecule has 2 rings (SSSR count). The van der Waals surface area contributed by atoms with E-state index in [0.29, 0.717) is 21.3 Å². The molecule has 0 spiro atoms. The summed E-state index contributed by atoms with van der Waals surface area (Å²) in [5.74, 6) is 0. The highest BCUT2D eigenvalue weighted by Crippen LogP contribution is 2.27. The molecule has 2 aromatic rings. The molecule has 0 aliphatic rings. The third kappa shape index (κ3) is 2.35. The number of aliphatic hydroxyl groups is 1. The largest absolute Gasteiger partial charge is 0.382 e. The van der Waals surface area contributed by atoms with Gasteiger partial charge in [-0.25, -0.2) is 0 Å². The minimum absolute atomic E-state index is 0.425. The van der Waals surface area contributed by atoms with Crippen LogP contribution in [-0.2, 0) is 0 Å². The first-order valence-electron chi connectivity index (χ1n) is 4.72. The van der Waals surface area contributed by atoms with Crippen LogP contribution in [0.3, 0.4) is 0 Å². The van der Waals surface area contributed by atoms with Crippen LogP contribution in [0.5, 0.6) is 0 Å². The van der Waals surface area contributed by atoms with Crippen molar-refractivity contribution in [2.24, 2.45) is 0 Å². The quantitative estimate of drug-likeness (QED) is 0.890. The molecule has 0 saturated carbocycles. The molecule has 0 bridgehead atoms. The Morgan fingerprint density at radius 1 is 1.06 bits per heavy atom. The van der Waals surface area contributed by atoms with Crippen LogP contribution < -0.4 is 0 Å². The lowest BCUT2D eigenvalue weighted by Crippen LogP contribution is -2.01. The smallest absolute Gasteiger partial charge is 0.121 e. The lowest BCUT2D eigenvalue weighted by Gasteiger charge is -2.10. The molecule has 1 aromatic heterocycles. The zero-order chi connectivity index (χ0) is 11.5. The van der Waals surface area contributed by atoms with Gasteiger partial charge in [0.1, 0.15) is 6.10 Å². The summed E-state index contributed by atoms with van der Waals surface area (Å²) in [6, 6.07) is 10.4. The van der Waals surface area contributed by atoms with Gasteiger partial charge in [0, 0.05) is 6.20 Å². The second kappa shape index (κ2) is 4.83. The lowest BCUT2D eigenvalue weighted by molar-refractivity contribution is 0.215. The molecule has 82 valence electrons. The molecule has 0 fully saturated rings. The molecule has 0 aliphatic carbocycles. The van der Waals surface area contributed by atoms with E-state index in [0.717, 1.165) is 0 Å². The Labute approximate surface area is 103 Å². The first kappa shape index (κ1) is 11.4. The van der Waals surface area contributed by atoms with Crippen molar-refractivity contribution in [3.05, 3.63) is 63.9 Å². The predicted octanol–water partition coefficient (Wildman–Crippen LogP) is 3.47. The zero-order valence-corrected chi connectivity index (χ0v) is 9.78. The summed E-state index contributed by atoms with van der Waals surface area (Å²) in [5, 5.41) is 10.9. The number of hydrogen-bond acceptors (Lipinski definition) is 2. The molecule has 4 heteroatoms. The molecule has 0 amide bonds. The second-order valence-electron chi connectivity index (χ2n) is 3.33. The average molecular weight is 254 g/mol. The molecule has 0 aliphatic heterocycles. The summed E-state index contributed by atoms with van der Waals surface area (Å²) in [6.45, 7) is 0. The number of aliphatic hydroxyl groups excluding tert-OH is 1. The standard InChI is InChI=1S/C12H9Cl2NO/c13-9-5-4-8(7-10(9)14)12(16)11-3-1-2-6-15-11/h1-7,12,16H/t12-/m0/s1. The van der Waals surface area contributed by atoms with Gasteiger partial charge in [-0.05, 0) is 29.8 Å². The van der Waals surface area contributed by atoms with Crippen LogP contribution in [0.4, 0.5) is 0 Å². The Bertz CT molecular complexity index is 488. The Kier molecular flexibility index (Phi) is 3.44. The third-order valence-electron chi connectivity index (χ3n) is 2.23. The molecular weight excluding hydrogens is 245 g/mol. The molecule has 1 heterocycles. The van der Waals surface area contributed by atoms with Crippen molar-refractivity contribution in [3.63, 3.8) is 0 Å². The van der Waals surface area contributed by atoms with Crippen LogP contribution in [0.1, 0.15) is 17.4 Å². The zero-order valence-electron chi connectivity index (χ0n) is 8.27. The molecular formula is C12H9Cl2NO. The van der Waals surface area contributed by atoms with Crippen molar-refractivity contribution in [2.75, 3.05) is 0 Å². The first-order valence-corrected chi connectivity index (χ1v) is 5.48. The maximum absolute atomic E-state index is 10.0. The highest BCUT2D eigenvalue weighted by Gasteiger charge is 2.12. The number of rotatable bonds is 2. The summed E-state index contributed by atoms with van der Waals surface area (Å²) in [4.78, 5) is 4.08. The van der Waals surface area contributed by atoms with Crippen molar-refractivity contribution < 1.29 is 5.11 Å². The Hall–Kier alpha value is -1.09. The van der Waals surface area contributed by atoms with E-state index in [2.05, 4.69) is 4.98 Å². The fourth-order valence-corrected chi connectivity index (χ4v) is 1.70. The highest BCUT2D eigenvalue weighted by atomic mass is 35.5. The van der Waals surface area contributed by atoms with Crippen LogP contribution in [0.2, 0.25) is 10.0 Å². The summed E-state index contributed by atoms with van der Waals surface area (Å²) >= 11 is 11.7. The maximum Gasteiger partial charge on any atom is 0.121 e. The van der Waals surface area contributed by atoms with Crippen LogP contribution in [0, 0.1) is 0 Å². The van der Waals surface area contributed by atoms with Crippen LogP contribution in [0.15, 0.2) is 42.6 Å². The molecule has 16 heavy (non-hydrogen) atoms. The lowest BCUT2D eigenvalue weighted by atomic mass is 10.1. The molecule has 1 aromatic carbocycles. The SMILES string of the molecule is O[C@@H](c1ccc(Cl)c(Cl)c1)c1ccccn1. The van der Waals surface area contributed by atoms with Gasteiger partial charge in [0.2, 0.25) is 0 Å². The predicted molar refractivity (Wildman–Crippen MR) is 64.8 cm³/mol.